The Hall–Kier alpha value is -2.41. The number of ether oxygens (including phenoxy) is 1. The largest absolute Gasteiger partial charge is 0.398 e. The monoisotopic (exact) mass is 330 g/mol. The van der Waals surface area contributed by atoms with Gasteiger partial charge >= 0.3 is 0 Å². The van der Waals surface area contributed by atoms with E-state index in [0.29, 0.717) is 31.1 Å². The van der Waals surface area contributed by atoms with Gasteiger partial charge in [0.05, 0.1) is 0 Å². The molecular formula is C17H22N4O3. The van der Waals surface area contributed by atoms with Gasteiger partial charge in [-0.3, -0.25) is 4.79 Å². The topological polar surface area (TPSA) is 94.5 Å². The second-order valence-electron chi connectivity index (χ2n) is 5.92. The van der Waals surface area contributed by atoms with Crippen molar-refractivity contribution < 1.29 is 14.1 Å². The van der Waals surface area contributed by atoms with Gasteiger partial charge in [-0.25, -0.2) is 0 Å². The van der Waals surface area contributed by atoms with Crippen LogP contribution in [0.5, 0.6) is 0 Å². The van der Waals surface area contributed by atoms with Crippen LogP contribution >= 0.6 is 0 Å². The number of nitrogen functional groups attached to an aromatic ring is 1. The van der Waals surface area contributed by atoms with Gasteiger partial charge in [0.15, 0.2) is 5.82 Å². The van der Waals surface area contributed by atoms with E-state index < -0.39 is 0 Å². The lowest BCUT2D eigenvalue weighted by molar-refractivity contribution is -0.118. The maximum Gasteiger partial charge on any atom is 0.227 e. The minimum atomic E-state index is -0.227. The van der Waals surface area contributed by atoms with E-state index >= 15 is 0 Å². The first-order valence-corrected chi connectivity index (χ1v) is 8.13. The Bertz CT molecular complexity index is 728. The third kappa shape index (κ3) is 3.26. The van der Waals surface area contributed by atoms with Crippen LogP contribution in [0.2, 0.25) is 0 Å². The molecule has 128 valence electrons. The van der Waals surface area contributed by atoms with Crippen LogP contribution in [-0.4, -0.2) is 29.7 Å². The molecule has 0 bridgehead atoms. The normalized spacial score (nSPS) is 15.2. The second-order valence-corrected chi connectivity index (χ2v) is 5.92. The summed E-state index contributed by atoms with van der Waals surface area (Å²) >= 11 is 0. The Kier molecular flexibility index (Phi) is 4.80. The zero-order chi connectivity index (χ0) is 17.1. The van der Waals surface area contributed by atoms with E-state index in [-0.39, 0.29) is 12.0 Å². The predicted octanol–water partition coefficient (Wildman–Crippen LogP) is 2.27. The number of carbonyl (C=O) groups is 1. The van der Waals surface area contributed by atoms with E-state index in [1.807, 2.05) is 30.0 Å². The number of amides is 1. The van der Waals surface area contributed by atoms with Crippen molar-refractivity contribution in [3.05, 3.63) is 35.5 Å². The lowest BCUT2D eigenvalue weighted by Crippen LogP contribution is -2.35. The van der Waals surface area contributed by atoms with Gasteiger partial charge in [0.1, 0.15) is 6.10 Å². The van der Waals surface area contributed by atoms with E-state index in [2.05, 4.69) is 10.1 Å². The quantitative estimate of drug-likeness (QED) is 0.845. The zero-order valence-corrected chi connectivity index (χ0v) is 14.0. The number of carbonyl (C=O) groups excluding carboxylic acids is 1. The molecule has 1 aromatic carbocycles. The number of aryl methyl sites for hydroxylation is 1. The van der Waals surface area contributed by atoms with E-state index in [9.17, 15) is 4.79 Å². The maximum absolute atomic E-state index is 12.6. The highest BCUT2D eigenvalue weighted by molar-refractivity contribution is 5.95. The molecule has 0 saturated carbocycles. The molecule has 0 spiro atoms. The molecule has 1 amide bonds. The summed E-state index contributed by atoms with van der Waals surface area (Å²) < 4.78 is 10.3. The van der Waals surface area contributed by atoms with Crippen LogP contribution in [0.4, 0.5) is 11.4 Å². The van der Waals surface area contributed by atoms with Crippen LogP contribution in [-0.2, 0) is 22.4 Å². The van der Waals surface area contributed by atoms with Crippen LogP contribution < -0.4 is 10.6 Å². The number of methoxy groups -OCH3 is 1. The maximum atomic E-state index is 12.6. The van der Waals surface area contributed by atoms with E-state index in [1.54, 1.807) is 7.11 Å². The van der Waals surface area contributed by atoms with E-state index in [1.165, 1.54) is 0 Å². The summed E-state index contributed by atoms with van der Waals surface area (Å²) in [4.78, 5) is 18.7. The summed E-state index contributed by atoms with van der Waals surface area (Å²) in [6.45, 7) is 2.56. The molecule has 0 fully saturated rings. The van der Waals surface area contributed by atoms with Crippen molar-refractivity contribution in [2.45, 2.75) is 38.7 Å². The number of nitrogens with two attached hydrogens (primary N) is 1. The number of rotatable bonds is 5. The number of hydrogen-bond donors (Lipinski definition) is 1. The first kappa shape index (κ1) is 16.4. The molecule has 2 heterocycles. The van der Waals surface area contributed by atoms with Crippen molar-refractivity contribution in [3.63, 3.8) is 0 Å². The second kappa shape index (κ2) is 7.00. The van der Waals surface area contributed by atoms with Crippen LogP contribution in [0.3, 0.4) is 0 Å². The summed E-state index contributed by atoms with van der Waals surface area (Å²) in [6.07, 6.45) is 2.33. The Balaban J connectivity index is 1.66. The molecule has 1 atom stereocenters. The van der Waals surface area contributed by atoms with Crippen LogP contribution in [0.1, 0.15) is 43.1 Å². The van der Waals surface area contributed by atoms with Gasteiger partial charge in [0, 0.05) is 37.9 Å². The molecule has 1 unspecified atom stereocenters. The highest BCUT2D eigenvalue weighted by atomic mass is 16.5. The lowest BCUT2D eigenvalue weighted by atomic mass is 9.99. The third-order valence-electron chi connectivity index (χ3n) is 4.34. The number of hydrogen-bond acceptors (Lipinski definition) is 6. The highest BCUT2D eigenvalue weighted by Gasteiger charge is 2.24. The SMILES string of the molecule is COC(C)c1noc(CCC(=O)N2CCCc3c(N)cccc32)n1. The standard InChI is InChI=1S/C17H22N4O3/c1-11(23-2)17-19-15(24-20-17)8-9-16(22)21-10-4-5-12-13(18)6-3-7-14(12)21/h3,6-7,11H,4-5,8-10,18H2,1-2H3. The third-order valence-corrected chi connectivity index (χ3v) is 4.34. The average molecular weight is 330 g/mol. The fourth-order valence-corrected chi connectivity index (χ4v) is 2.90. The molecule has 1 aliphatic heterocycles. The molecule has 2 N–H and O–H groups in total. The molecule has 0 saturated heterocycles. The Morgan fingerprint density at radius 2 is 2.33 bits per heavy atom. The number of nitrogens with zero attached hydrogens (tertiary/aromatic N) is 3. The molecule has 1 aromatic heterocycles. The Labute approximate surface area is 140 Å². The minimum Gasteiger partial charge on any atom is -0.398 e. The molecule has 24 heavy (non-hydrogen) atoms. The van der Waals surface area contributed by atoms with Crippen molar-refractivity contribution in [1.82, 2.24) is 10.1 Å². The first-order chi connectivity index (χ1) is 11.6. The van der Waals surface area contributed by atoms with Crippen molar-refractivity contribution in [1.29, 1.82) is 0 Å². The van der Waals surface area contributed by atoms with Gasteiger partial charge in [0.2, 0.25) is 11.8 Å². The van der Waals surface area contributed by atoms with E-state index in [0.717, 1.165) is 29.8 Å². The van der Waals surface area contributed by atoms with Crippen LogP contribution in [0.15, 0.2) is 22.7 Å². The fourth-order valence-electron chi connectivity index (χ4n) is 2.90. The Morgan fingerprint density at radius 1 is 1.50 bits per heavy atom. The number of aromatic nitrogens is 2. The Morgan fingerprint density at radius 3 is 3.12 bits per heavy atom. The van der Waals surface area contributed by atoms with Gasteiger partial charge in [-0.05, 0) is 37.5 Å². The van der Waals surface area contributed by atoms with Crippen molar-refractivity contribution >= 4 is 17.3 Å². The van der Waals surface area contributed by atoms with Crippen LogP contribution in [0, 0.1) is 0 Å². The number of anilines is 2. The smallest absolute Gasteiger partial charge is 0.227 e. The van der Waals surface area contributed by atoms with Crippen molar-refractivity contribution in [2.75, 3.05) is 24.3 Å². The summed E-state index contributed by atoms with van der Waals surface area (Å²) in [7, 11) is 1.59. The van der Waals surface area contributed by atoms with E-state index in [4.69, 9.17) is 15.0 Å². The van der Waals surface area contributed by atoms with Gasteiger partial charge in [-0.2, -0.15) is 4.98 Å². The molecule has 0 radical (unpaired) electrons. The van der Waals surface area contributed by atoms with Gasteiger partial charge in [0.25, 0.3) is 0 Å². The average Bonchev–Trinajstić information content (AvgIpc) is 3.08. The van der Waals surface area contributed by atoms with Crippen LogP contribution in [0.25, 0.3) is 0 Å². The summed E-state index contributed by atoms with van der Waals surface area (Å²) in [6, 6.07) is 5.72. The molecule has 0 aliphatic carbocycles. The fraction of sp³-hybridized carbons (Fsp3) is 0.471. The van der Waals surface area contributed by atoms with Gasteiger partial charge < -0.3 is 19.9 Å². The predicted molar refractivity (Wildman–Crippen MR) is 89.6 cm³/mol. The molecule has 1 aliphatic rings. The molecule has 3 rings (SSSR count). The number of fused-ring (bicyclic) bond motifs is 1. The van der Waals surface area contributed by atoms with Gasteiger partial charge in [-0.1, -0.05) is 11.2 Å². The van der Waals surface area contributed by atoms with Crippen molar-refractivity contribution in [2.24, 2.45) is 0 Å². The molecule has 2 aromatic rings. The first-order valence-electron chi connectivity index (χ1n) is 8.13. The lowest BCUT2D eigenvalue weighted by Gasteiger charge is -2.30. The number of benzene rings is 1. The summed E-state index contributed by atoms with van der Waals surface area (Å²) in [5, 5.41) is 3.87. The molecule has 7 nitrogen and oxygen atoms in total. The molecule has 7 heteroatoms. The minimum absolute atomic E-state index is 0.0427. The summed E-state index contributed by atoms with van der Waals surface area (Å²) in [5.41, 5.74) is 8.76. The molecular weight excluding hydrogens is 308 g/mol. The van der Waals surface area contributed by atoms with Gasteiger partial charge in [-0.15, -0.1) is 0 Å². The highest BCUT2D eigenvalue weighted by Crippen LogP contribution is 2.31. The van der Waals surface area contributed by atoms with Crippen molar-refractivity contribution in [3.8, 4) is 0 Å². The zero-order valence-electron chi connectivity index (χ0n) is 14.0. The summed E-state index contributed by atoms with van der Waals surface area (Å²) in [5.74, 6) is 0.990.